The van der Waals surface area contributed by atoms with Crippen LogP contribution >= 0.6 is 0 Å². The van der Waals surface area contributed by atoms with Crippen LogP contribution in [-0.2, 0) is 14.3 Å². The Labute approximate surface area is 85.4 Å². The van der Waals surface area contributed by atoms with Gasteiger partial charge in [0.2, 0.25) is 0 Å². The van der Waals surface area contributed by atoms with Crippen molar-refractivity contribution in [2.75, 3.05) is 19.3 Å². The van der Waals surface area contributed by atoms with Crippen molar-refractivity contribution in [1.29, 1.82) is 0 Å². The lowest BCUT2D eigenvalue weighted by atomic mass is 9.82. The van der Waals surface area contributed by atoms with E-state index in [1.165, 1.54) is 12.8 Å². The molecule has 14 heavy (non-hydrogen) atoms. The summed E-state index contributed by atoms with van der Waals surface area (Å²) in [6, 6.07) is 0. The zero-order valence-electron chi connectivity index (χ0n) is 8.69. The van der Waals surface area contributed by atoms with Gasteiger partial charge in [0.05, 0.1) is 6.26 Å². The Balaban J connectivity index is 2.16. The standard InChI is InChI=1S/C9H17NO3S/c1-9(13-14(2,11)12)7-8-3-5-10(9)6-4-8/h8H,3-7H2,1-2H3. The summed E-state index contributed by atoms with van der Waals surface area (Å²) in [6.07, 6.45) is 4.34. The van der Waals surface area contributed by atoms with Crippen LogP contribution in [0.2, 0.25) is 0 Å². The number of fused-ring (bicyclic) bond motifs is 3. The fraction of sp³-hybridized carbons (Fsp3) is 1.00. The van der Waals surface area contributed by atoms with E-state index in [1.54, 1.807) is 0 Å². The molecule has 0 aromatic heterocycles. The molecule has 0 saturated carbocycles. The average Bonchev–Trinajstić information content (AvgIpc) is 2.00. The van der Waals surface area contributed by atoms with E-state index >= 15 is 0 Å². The molecule has 82 valence electrons. The smallest absolute Gasteiger partial charge is 0.266 e. The molecule has 0 amide bonds. The predicted octanol–water partition coefficient (Wildman–Crippen LogP) is 0.794. The molecule has 3 fully saturated rings. The van der Waals surface area contributed by atoms with Crippen LogP contribution in [0.4, 0.5) is 0 Å². The minimum Gasteiger partial charge on any atom is -0.275 e. The molecule has 0 aliphatic carbocycles. The third-order valence-electron chi connectivity index (χ3n) is 3.28. The van der Waals surface area contributed by atoms with Gasteiger partial charge in [-0.15, -0.1) is 0 Å². The quantitative estimate of drug-likeness (QED) is 0.644. The Kier molecular flexibility index (Phi) is 2.36. The molecule has 4 nitrogen and oxygen atoms in total. The van der Waals surface area contributed by atoms with E-state index in [-0.39, 0.29) is 0 Å². The molecule has 0 spiro atoms. The molecule has 0 N–H and O–H groups in total. The average molecular weight is 219 g/mol. The first-order valence-corrected chi connectivity index (χ1v) is 6.86. The maximum absolute atomic E-state index is 11.1. The van der Waals surface area contributed by atoms with Crippen molar-refractivity contribution in [2.24, 2.45) is 5.92 Å². The third-order valence-corrected chi connectivity index (χ3v) is 3.94. The molecule has 3 aliphatic heterocycles. The largest absolute Gasteiger partial charge is 0.275 e. The second-order valence-corrected chi connectivity index (χ2v) is 6.17. The van der Waals surface area contributed by atoms with E-state index in [0.29, 0.717) is 5.92 Å². The SMILES string of the molecule is CC1(OS(C)(=O)=O)CC2CCN1CC2. The van der Waals surface area contributed by atoms with Gasteiger partial charge >= 0.3 is 0 Å². The molecule has 5 heteroatoms. The highest BCUT2D eigenvalue weighted by Crippen LogP contribution is 2.40. The molecule has 2 bridgehead atoms. The summed E-state index contributed by atoms with van der Waals surface area (Å²) in [4.78, 5) is 2.15. The molecule has 1 atom stereocenters. The summed E-state index contributed by atoms with van der Waals surface area (Å²) in [5.41, 5.74) is -0.575. The van der Waals surface area contributed by atoms with Gasteiger partial charge in [-0.2, -0.15) is 8.42 Å². The van der Waals surface area contributed by atoms with Crippen molar-refractivity contribution in [1.82, 2.24) is 4.90 Å². The van der Waals surface area contributed by atoms with Gasteiger partial charge in [-0.3, -0.25) is 4.90 Å². The van der Waals surface area contributed by atoms with Gasteiger partial charge in [0.1, 0.15) is 5.72 Å². The molecular weight excluding hydrogens is 202 g/mol. The highest BCUT2D eigenvalue weighted by atomic mass is 32.2. The van der Waals surface area contributed by atoms with Gasteiger partial charge in [-0.25, -0.2) is 4.18 Å². The summed E-state index contributed by atoms with van der Waals surface area (Å²) in [6.45, 7) is 3.83. The second-order valence-electron chi connectivity index (χ2n) is 4.60. The van der Waals surface area contributed by atoms with Crippen molar-refractivity contribution in [3.05, 3.63) is 0 Å². The predicted molar refractivity (Wildman–Crippen MR) is 53.2 cm³/mol. The van der Waals surface area contributed by atoms with Gasteiger partial charge in [0, 0.05) is 13.1 Å². The number of piperidine rings is 3. The molecule has 1 unspecified atom stereocenters. The van der Waals surface area contributed by atoms with E-state index < -0.39 is 15.8 Å². The highest BCUT2D eigenvalue weighted by molar-refractivity contribution is 7.86. The monoisotopic (exact) mass is 219 g/mol. The first-order valence-electron chi connectivity index (χ1n) is 5.05. The number of hydrogen-bond acceptors (Lipinski definition) is 4. The minimum atomic E-state index is -3.35. The van der Waals surface area contributed by atoms with Crippen molar-refractivity contribution < 1.29 is 12.6 Å². The van der Waals surface area contributed by atoms with Crippen LogP contribution in [0, 0.1) is 5.92 Å². The van der Waals surface area contributed by atoms with Gasteiger partial charge in [0.15, 0.2) is 0 Å². The Morgan fingerprint density at radius 2 is 1.93 bits per heavy atom. The van der Waals surface area contributed by atoms with E-state index in [2.05, 4.69) is 4.90 Å². The summed E-state index contributed by atoms with van der Waals surface area (Å²) >= 11 is 0. The first-order chi connectivity index (χ1) is 6.39. The van der Waals surface area contributed by atoms with Crippen LogP contribution in [0.5, 0.6) is 0 Å². The van der Waals surface area contributed by atoms with Crippen LogP contribution < -0.4 is 0 Å². The molecular formula is C9H17NO3S. The molecule has 3 rings (SSSR count). The topological polar surface area (TPSA) is 46.6 Å². The van der Waals surface area contributed by atoms with Crippen LogP contribution in [0.3, 0.4) is 0 Å². The zero-order valence-corrected chi connectivity index (χ0v) is 9.51. The van der Waals surface area contributed by atoms with Gasteiger partial charge in [-0.1, -0.05) is 0 Å². The van der Waals surface area contributed by atoms with Crippen LogP contribution in [-0.4, -0.2) is 38.4 Å². The Morgan fingerprint density at radius 3 is 2.29 bits per heavy atom. The number of hydrogen-bond donors (Lipinski definition) is 0. The third kappa shape index (κ3) is 1.94. The van der Waals surface area contributed by atoms with Crippen molar-refractivity contribution in [3.63, 3.8) is 0 Å². The Hall–Kier alpha value is -0.130. The summed E-state index contributed by atoms with van der Waals surface area (Å²) in [5.74, 6) is 0.645. The highest BCUT2D eigenvalue weighted by Gasteiger charge is 2.45. The van der Waals surface area contributed by atoms with Crippen LogP contribution in [0.15, 0.2) is 0 Å². The Bertz CT molecular complexity index is 319. The molecule has 3 heterocycles. The lowest BCUT2D eigenvalue weighted by Gasteiger charge is -2.51. The lowest BCUT2D eigenvalue weighted by molar-refractivity contribution is -0.137. The van der Waals surface area contributed by atoms with Crippen molar-refractivity contribution >= 4 is 10.1 Å². The van der Waals surface area contributed by atoms with Crippen LogP contribution in [0.1, 0.15) is 26.2 Å². The lowest BCUT2D eigenvalue weighted by Crippen LogP contribution is -2.58. The first kappa shape index (κ1) is 10.4. The minimum absolute atomic E-state index is 0.575. The maximum atomic E-state index is 11.1. The second kappa shape index (κ2) is 3.18. The van der Waals surface area contributed by atoms with E-state index in [4.69, 9.17) is 4.18 Å². The van der Waals surface area contributed by atoms with E-state index in [1.807, 2.05) is 6.92 Å². The van der Waals surface area contributed by atoms with Gasteiger partial charge in [-0.05, 0) is 32.1 Å². The van der Waals surface area contributed by atoms with Gasteiger partial charge in [0.25, 0.3) is 10.1 Å². The fourth-order valence-corrected chi connectivity index (χ4v) is 3.51. The zero-order chi connectivity index (χ0) is 10.4. The number of nitrogens with zero attached hydrogens (tertiary/aromatic N) is 1. The maximum Gasteiger partial charge on any atom is 0.266 e. The van der Waals surface area contributed by atoms with Crippen molar-refractivity contribution in [3.8, 4) is 0 Å². The molecule has 3 saturated heterocycles. The summed E-state index contributed by atoms with van der Waals surface area (Å²) in [5, 5.41) is 0. The molecule has 0 aromatic rings. The Morgan fingerprint density at radius 1 is 1.36 bits per heavy atom. The van der Waals surface area contributed by atoms with Crippen molar-refractivity contribution in [2.45, 2.75) is 31.9 Å². The number of rotatable bonds is 2. The van der Waals surface area contributed by atoms with E-state index in [9.17, 15) is 8.42 Å². The summed E-state index contributed by atoms with van der Waals surface area (Å²) in [7, 11) is -3.35. The fourth-order valence-electron chi connectivity index (χ4n) is 2.69. The summed E-state index contributed by atoms with van der Waals surface area (Å²) < 4.78 is 27.5. The van der Waals surface area contributed by atoms with Crippen LogP contribution in [0.25, 0.3) is 0 Å². The van der Waals surface area contributed by atoms with Gasteiger partial charge < -0.3 is 0 Å². The molecule has 3 aliphatic rings. The normalized spacial score (nSPS) is 42.7. The van der Waals surface area contributed by atoms with E-state index in [0.717, 1.165) is 25.8 Å². The molecule has 0 radical (unpaired) electrons. The molecule has 0 aromatic carbocycles.